The van der Waals surface area contributed by atoms with Gasteiger partial charge in [0.05, 0.1) is 0 Å². The van der Waals surface area contributed by atoms with Crippen LogP contribution in [0.15, 0.2) is 18.2 Å². The highest BCUT2D eigenvalue weighted by Gasteiger charge is 1.99. The highest BCUT2D eigenvalue weighted by molar-refractivity contribution is 6.31. The number of aryl methyl sites for hydroxylation is 1. The van der Waals surface area contributed by atoms with E-state index in [0.29, 0.717) is 5.69 Å². The quantitative estimate of drug-likeness (QED) is 0.706. The zero-order chi connectivity index (χ0) is 8.97. The van der Waals surface area contributed by atoms with Gasteiger partial charge in [-0.15, -0.1) is 0 Å². The van der Waals surface area contributed by atoms with Gasteiger partial charge in [0, 0.05) is 17.3 Å². The minimum atomic E-state index is 0.186. The lowest BCUT2D eigenvalue weighted by molar-refractivity contribution is 0.288. The van der Waals surface area contributed by atoms with Crippen LogP contribution in [0.3, 0.4) is 0 Å². The van der Waals surface area contributed by atoms with Gasteiger partial charge in [-0.2, -0.15) is 0 Å². The summed E-state index contributed by atoms with van der Waals surface area (Å²) in [6.45, 7) is 0.186. The van der Waals surface area contributed by atoms with Crippen LogP contribution in [-0.4, -0.2) is 11.7 Å². The fraction of sp³-hybridized carbons (Fsp3) is 0.333. The Balaban J connectivity index is 2.75. The van der Waals surface area contributed by atoms with Crippen LogP contribution in [0.1, 0.15) is 12.0 Å². The average molecular weight is 186 g/mol. The fourth-order valence-electron chi connectivity index (χ4n) is 1.06. The Morgan fingerprint density at radius 3 is 2.83 bits per heavy atom. The SMILES string of the molecule is Nc1ccc(Cl)c(CCCO)c1. The first-order chi connectivity index (χ1) is 5.74. The summed E-state index contributed by atoms with van der Waals surface area (Å²) < 4.78 is 0. The van der Waals surface area contributed by atoms with Crippen LogP contribution < -0.4 is 5.73 Å². The van der Waals surface area contributed by atoms with Crippen molar-refractivity contribution >= 4 is 17.3 Å². The first kappa shape index (κ1) is 9.36. The topological polar surface area (TPSA) is 46.2 Å². The van der Waals surface area contributed by atoms with E-state index in [1.54, 1.807) is 12.1 Å². The van der Waals surface area contributed by atoms with Gasteiger partial charge in [0.25, 0.3) is 0 Å². The van der Waals surface area contributed by atoms with Crippen molar-refractivity contribution in [1.29, 1.82) is 0 Å². The van der Waals surface area contributed by atoms with Gasteiger partial charge in [-0.05, 0) is 36.6 Å². The first-order valence-electron chi connectivity index (χ1n) is 3.89. The van der Waals surface area contributed by atoms with Crippen LogP contribution in [0.5, 0.6) is 0 Å². The number of hydrogen-bond acceptors (Lipinski definition) is 2. The van der Waals surface area contributed by atoms with Crippen LogP contribution in [0.2, 0.25) is 5.02 Å². The van der Waals surface area contributed by atoms with E-state index in [4.69, 9.17) is 22.4 Å². The number of anilines is 1. The summed E-state index contributed by atoms with van der Waals surface area (Å²) in [6.07, 6.45) is 1.50. The molecule has 0 aliphatic heterocycles. The molecule has 0 aromatic heterocycles. The molecule has 0 aliphatic rings. The molecule has 66 valence electrons. The van der Waals surface area contributed by atoms with E-state index in [9.17, 15) is 0 Å². The number of aliphatic hydroxyl groups excluding tert-OH is 1. The highest BCUT2D eigenvalue weighted by Crippen LogP contribution is 2.19. The predicted molar refractivity (Wildman–Crippen MR) is 51.3 cm³/mol. The normalized spacial score (nSPS) is 10.2. The fourth-order valence-corrected chi connectivity index (χ4v) is 1.27. The van der Waals surface area contributed by atoms with E-state index in [-0.39, 0.29) is 6.61 Å². The van der Waals surface area contributed by atoms with Gasteiger partial charge in [0.2, 0.25) is 0 Å². The van der Waals surface area contributed by atoms with E-state index in [1.807, 2.05) is 6.07 Å². The minimum Gasteiger partial charge on any atom is -0.399 e. The zero-order valence-electron chi connectivity index (χ0n) is 6.76. The summed E-state index contributed by atoms with van der Waals surface area (Å²) in [5.41, 5.74) is 7.30. The molecule has 0 spiro atoms. The lowest BCUT2D eigenvalue weighted by Crippen LogP contribution is -1.93. The van der Waals surface area contributed by atoms with Crippen LogP contribution in [0.4, 0.5) is 5.69 Å². The second kappa shape index (κ2) is 4.33. The standard InChI is InChI=1S/C9H12ClNO/c10-9-4-3-8(11)6-7(9)2-1-5-12/h3-4,6,12H,1-2,5,11H2. The second-order valence-corrected chi connectivity index (χ2v) is 3.09. The van der Waals surface area contributed by atoms with Gasteiger partial charge in [-0.25, -0.2) is 0 Å². The molecular formula is C9H12ClNO. The minimum absolute atomic E-state index is 0.186. The molecule has 0 bridgehead atoms. The Morgan fingerprint density at radius 2 is 2.17 bits per heavy atom. The van der Waals surface area contributed by atoms with Crippen LogP contribution >= 0.6 is 11.6 Å². The third kappa shape index (κ3) is 2.40. The molecule has 1 aromatic rings. The van der Waals surface area contributed by atoms with E-state index in [2.05, 4.69) is 0 Å². The van der Waals surface area contributed by atoms with E-state index in [1.165, 1.54) is 0 Å². The van der Waals surface area contributed by atoms with E-state index < -0.39 is 0 Å². The number of rotatable bonds is 3. The van der Waals surface area contributed by atoms with Crippen molar-refractivity contribution in [3.8, 4) is 0 Å². The van der Waals surface area contributed by atoms with Gasteiger partial charge >= 0.3 is 0 Å². The largest absolute Gasteiger partial charge is 0.399 e. The lowest BCUT2D eigenvalue weighted by Gasteiger charge is -2.03. The highest BCUT2D eigenvalue weighted by atomic mass is 35.5. The summed E-state index contributed by atoms with van der Waals surface area (Å²) in [6, 6.07) is 5.40. The average Bonchev–Trinajstić information content (AvgIpc) is 2.07. The van der Waals surface area contributed by atoms with Crippen molar-refractivity contribution in [3.05, 3.63) is 28.8 Å². The third-order valence-corrected chi connectivity index (χ3v) is 2.04. The number of nitrogen functional groups attached to an aromatic ring is 1. The zero-order valence-corrected chi connectivity index (χ0v) is 7.51. The molecule has 0 fully saturated rings. The number of hydrogen-bond donors (Lipinski definition) is 2. The van der Waals surface area contributed by atoms with E-state index in [0.717, 1.165) is 23.4 Å². The second-order valence-electron chi connectivity index (χ2n) is 2.68. The maximum absolute atomic E-state index is 8.61. The Hall–Kier alpha value is -0.730. The number of benzene rings is 1. The number of nitrogens with two attached hydrogens (primary N) is 1. The molecule has 3 N–H and O–H groups in total. The van der Waals surface area contributed by atoms with Crippen molar-refractivity contribution in [2.24, 2.45) is 0 Å². The van der Waals surface area contributed by atoms with Crippen molar-refractivity contribution < 1.29 is 5.11 Å². The lowest BCUT2D eigenvalue weighted by atomic mass is 10.1. The molecule has 12 heavy (non-hydrogen) atoms. The molecule has 0 radical (unpaired) electrons. The molecular weight excluding hydrogens is 174 g/mol. The molecule has 0 amide bonds. The van der Waals surface area contributed by atoms with E-state index >= 15 is 0 Å². The summed E-state index contributed by atoms with van der Waals surface area (Å²) in [4.78, 5) is 0. The predicted octanol–water partition coefficient (Wildman–Crippen LogP) is 1.85. The molecule has 3 heteroatoms. The summed E-state index contributed by atoms with van der Waals surface area (Å²) in [5, 5.41) is 9.33. The summed E-state index contributed by atoms with van der Waals surface area (Å²) in [5.74, 6) is 0. The summed E-state index contributed by atoms with van der Waals surface area (Å²) >= 11 is 5.89. The number of aliphatic hydroxyl groups is 1. The summed E-state index contributed by atoms with van der Waals surface area (Å²) in [7, 11) is 0. The van der Waals surface area contributed by atoms with Gasteiger partial charge < -0.3 is 10.8 Å². The Labute approximate surface area is 77.0 Å². The molecule has 0 unspecified atom stereocenters. The number of halogens is 1. The molecule has 0 saturated heterocycles. The molecule has 0 saturated carbocycles. The Morgan fingerprint density at radius 1 is 1.42 bits per heavy atom. The third-order valence-electron chi connectivity index (χ3n) is 1.67. The van der Waals surface area contributed by atoms with Crippen LogP contribution in [0.25, 0.3) is 0 Å². The van der Waals surface area contributed by atoms with Crippen molar-refractivity contribution in [1.82, 2.24) is 0 Å². The molecule has 0 heterocycles. The van der Waals surface area contributed by atoms with Gasteiger partial charge in [0.1, 0.15) is 0 Å². The van der Waals surface area contributed by atoms with Crippen molar-refractivity contribution in [2.75, 3.05) is 12.3 Å². The van der Waals surface area contributed by atoms with Gasteiger partial charge in [-0.3, -0.25) is 0 Å². The first-order valence-corrected chi connectivity index (χ1v) is 4.26. The monoisotopic (exact) mass is 185 g/mol. The van der Waals surface area contributed by atoms with Gasteiger partial charge in [0.15, 0.2) is 0 Å². The molecule has 0 atom stereocenters. The van der Waals surface area contributed by atoms with Gasteiger partial charge in [-0.1, -0.05) is 11.6 Å². The van der Waals surface area contributed by atoms with Crippen molar-refractivity contribution in [3.63, 3.8) is 0 Å². The molecule has 0 aliphatic carbocycles. The van der Waals surface area contributed by atoms with Crippen molar-refractivity contribution in [2.45, 2.75) is 12.8 Å². The van der Waals surface area contributed by atoms with Crippen LogP contribution in [0, 0.1) is 0 Å². The maximum Gasteiger partial charge on any atom is 0.0439 e. The molecule has 1 aromatic carbocycles. The molecule has 1 rings (SSSR count). The Kier molecular flexibility index (Phi) is 3.38. The molecule has 2 nitrogen and oxygen atoms in total. The smallest absolute Gasteiger partial charge is 0.0439 e. The van der Waals surface area contributed by atoms with Crippen LogP contribution in [-0.2, 0) is 6.42 Å². The Bertz CT molecular complexity index is 263. The maximum atomic E-state index is 8.61.